The van der Waals surface area contributed by atoms with Gasteiger partial charge >= 0.3 is 0 Å². The molecule has 0 fully saturated rings. The van der Waals surface area contributed by atoms with Gasteiger partial charge in [-0.2, -0.15) is 20.1 Å². The molecule has 1 aliphatic rings. The Bertz CT molecular complexity index is 1370. The number of carbonyl (C=O) groups is 2. The Morgan fingerprint density at radius 2 is 1.69 bits per heavy atom. The minimum atomic E-state index is -0.163. The molecule has 2 amide bonds. The highest BCUT2D eigenvalue weighted by Gasteiger charge is 2.31. The van der Waals surface area contributed by atoms with E-state index in [1.165, 1.54) is 9.70 Å². The lowest BCUT2D eigenvalue weighted by Crippen LogP contribution is -2.39. The molecule has 2 aromatic carbocycles. The van der Waals surface area contributed by atoms with Crippen LogP contribution in [0.25, 0.3) is 11.0 Å². The van der Waals surface area contributed by atoms with E-state index in [2.05, 4.69) is 10.2 Å². The number of amides is 2. The molecule has 0 N–H and O–H groups in total. The van der Waals surface area contributed by atoms with Crippen molar-refractivity contribution >= 4 is 22.8 Å². The Morgan fingerprint density at radius 3 is 2.33 bits per heavy atom. The van der Waals surface area contributed by atoms with Crippen molar-refractivity contribution < 1.29 is 14.3 Å². The zero-order valence-electron chi connectivity index (χ0n) is 20.7. The smallest absolute Gasteiger partial charge is 0.274 e. The first-order valence-corrected chi connectivity index (χ1v) is 11.9. The lowest BCUT2D eigenvalue weighted by molar-refractivity contribution is -0.133. The van der Waals surface area contributed by atoms with Gasteiger partial charge in [-0.1, -0.05) is 24.3 Å². The first-order chi connectivity index (χ1) is 17.4. The molecule has 0 atom stereocenters. The third-order valence-corrected chi connectivity index (χ3v) is 6.47. The number of hydrogen-bond acceptors (Lipinski definition) is 6. The van der Waals surface area contributed by atoms with E-state index in [1.54, 1.807) is 26.1 Å². The molecule has 0 spiro atoms. The number of carbonyl (C=O) groups excluding carboxylic acids is 2. The van der Waals surface area contributed by atoms with Crippen LogP contribution < -0.4 is 4.74 Å². The van der Waals surface area contributed by atoms with Gasteiger partial charge in [0.25, 0.3) is 5.91 Å². The Labute approximate surface area is 209 Å². The highest BCUT2D eigenvalue weighted by atomic mass is 16.5. The fourth-order valence-corrected chi connectivity index (χ4v) is 4.50. The molecule has 1 aliphatic heterocycles. The van der Waals surface area contributed by atoms with Crippen LogP contribution in [0.5, 0.6) is 5.75 Å². The first-order valence-electron chi connectivity index (χ1n) is 11.9. The number of rotatable bonds is 7. The average Bonchev–Trinajstić information content (AvgIpc) is 3.47. The van der Waals surface area contributed by atoms with E-state index >= 15 is 0 Å². The van der Waals surface area contributed by atoms with Gasteiger partial charge in [-0.25, -0.2) is 0 Å². The number of hydrogen-bond donors (Lipinski definition) is 0. The van der Waals surface area contributed by atoms with Crippen molar-refractivity contribution in [2.45, 2.75) is 32.5 Å². The summed E-state index contributed by atoms with van der Waals surface area (Å²) in [5.41, 5.74) is 4.91. The number of fused-ring (bicyclic) bond motifs is 2. The largest absolute Gasteiger partial charge is 0.497 e. The third kappa shape index (κ3) is 4.66. The van der Waals surface area contributed by atoms with Gasteiger partial charge in [0.15, 0.2) is 5.69 Å². The molecular formula is C26H29N7O3. The van der Waals surface area contributed by atoms with Crippen LogP contribution >= 0.6 is 0 Å². The summed E-state index contributed by atoms with van der Waals surface area (Å²) >= 11 is 0. The number of aromatic nitrogens is 5. The van der Waals surface area contributed by atoms with E-state index in [0.717, 1.165) is 40.0 Å². The van der Waals surface area contributed by atoms with Crippen LogP contribution in [-0.4, -0.2) is 74.1 Å². The van der Waals surface area contributed by atoms with Crippen molar-refractivity contribution in [1.29, 1.82) is 0 Å². The van der Waals surface area contributed by atoms with Gasteiger partial charge in [-0.05, 0) is 36.2 Å². The van der Waals surface area contributed by atoms with Gasteiger partial charge in [0, 0.05) is 51.4 Å². The number of methoxy groups -OCH3 is 1. The van der Waals surface area contributed by atoms with Crippen molar-refractivity contribution in [1.82, 2.24) is 34.6 Å². The summed E-state index contributed by atoms with van der Waals surface area (Å²) in [6.45, 7) is 1.59. The summed E-state index contributed by atoms with van der Waals surface area (Å²) in [4.78, 5) is 30.8. The van der Waals surface area contributed by atoms with E-state index in [-0.39, 0.29) is 18.4 Å². The van der Waals surface area contributed by atoms with Crippen LogP contribution in [0.1, 0.15) is 27.3 Å². The van der Waals surface area contributed by atoms with Crippen LogP contribution in [0, 0.1) is 0 Å². The van der Waals surface area contributed by atoms with Crippen LogP contribution in [0.15, 0.2) is 48.5 Å². The molecule has 10 heteroatoms. The minimum absolute atomic E-state index is 0.0482. The van der Waals surface area contributed by atoms with Crippen molar-refractivity contribution in [2.75, 3.05) is 27.7 Å². The number of benzene rings is 2. The Balaban J connectivity index is 1.35. The van der Waals surface area contributed by atoms with E-state index in [9.17, 15) is 9.59 Å². The molecule has 186 valence electrons. The molecule has 4 aromatic rings. The topological polar surface area (TPSA) is 98.4 Å². The lowest BCUT2D eigenvalue weighted by Gasteiger charge is -2.28. The normalized spacial score (nSPS) is 13.0. The molecule has 2 aromatic heterocycles. The van der Waals surface area contributed by atoms with Crippen molar-refractivity contribution in [2.24, 2.45) is 0 Å². The van der Waals surface area contributed by atoms with Crippen LogP contribution in [-0.2, 0) is 37.3 Å². The fourth-order valence-electron chi connectivity index (χ4n) is 4.50. The van der Waals surface area contributed by atoms with E-state index < -0.39 is 0 Å². The molecule has 0 radical (unpaired) electrons. The highest BCUT2D eigenvalue weighted by molar-refractivity contribution is 5.94. The summed E-state index contributed by atoms with van der Waals surface area (Å²) in [7, 11) is 5.08. The quantitative estimate of drug-likeness (QED) is 0.396. The molecule has 0 unspecified atom stereocenters. The predicted molar refractivity (Wildman–Crippen MR) is 134 cm³/mol. The molecule has 10 nitrogen and oxygen atoms in total. The predicted octanol–water partition coefficient (Wildman–Crippen LogP) is 2.17. The molecular weight excluding hydrogens is 458 g/mol. The summed E-state index contributed by atoms with van der Waals surface area (Å²) in [5, 5.41) is 13.5. The van der Waals surface area contributed by atoms with E-state index in [1.807, 2.05) is 53.2 Å². The van der Waals surface area contributed by atoms with Gasteiger partial charge in [0.1, 0.15) is 23.3 Å². The van der Waals surface area contributed by atoms with E-state index in [0.29, 0.717) is 31.7 Å². The van der Waals surface area contributed by atoms with Gasteiger partial charge in [-0.15, -0.1) is 0 Å². The number of aryl methyl sites for hydroxylation is 2. The molecule has 0 bridgehead atoms. The van der Waals surface area contributed by atoms with Crippen LogP contribution in [0.3, 0.4) is 0 Å². The maximum Gasteiger partial charge on any atom is 0.274 e. The van der Waals surface area contributed by atoms with Crippen LogP contribution in [0.4, 0.5) is 0 Å². The average molecular weight is 488 g/mol. The second-order valence-electron chi connectivity index (χ2n) is 9.08. The van der Waals surface area contributed by atoms with Crippen LogP contribution in [0.2, 0.25) is 0 Å². The summed E-state index contributed by atoms with van der Waals surface area (Å²) in [5.74, 6) is 0.566. The van der Waals surface area contributed by atoms with Gasteiger partial charge in [-0.3, -0.25) is 14.3 Å². The second-order valence-corrected chi connectivity index (χ2v) is 9.08. The molecule has 5 rings (SSSR count). The highest BCUT2D eigenvalue weighted by Crippen LogP contribution is 2.25. The zero-order chi connectivity index (χ0) is 25.2. The Morgan fingerprint density at radius 1 is 1.00 bits per heavy atom. The molecule has 36 heavy (non-hydrogen) atoms. The standard InChI is InChI=1S/C26H29N7O3/c1-30(2)26(35)25-20-16-31(24(34)17-33-27-21-6-4-5-7-22(21)28-33)14-13-23(20)32(29-25)15-12-18-8-10-19(36-3)11-9-18/h4-11H,12-17H2,1-3H3. The minimum Gasteiger partial charge on any atom is -0.497 e. The Kier molecular flexibility index (Phi) is 6.41. The number of ether oxygens (including phenoxy) is 1. The van der Waals surface area contributed by atoms with Gasteiger partial charge < -0.3 is 14.5 Å². The molecule has 0 saturated carbocycles. The van der Waals surface area contributed by atoms with Crippen molar-refractivity contribution in [3.05, 3.63) is 71.0 Å². The van der Waals surface area contributed by atoms with Gasteiger partial charge in [0.05, 0.1) is 7.11 Å². The SMILES string of the molecule is COc1ccc(CCn2nc(C(=O)N(C)C)c3c2CCN(C(=O)Cn2nc4ccccc4n2)C3)cc1. The fraction of sp³-hybridized carbons (Fsp3) is 0.346. The first kappa shape index (κ1) is 23.5. The van der Waals surface area contributed by atoms with E-state index in [4.69, 9.17) is 9.84 Å². The molecule has 0 saturated heterocycles. The summed E-state index contributed by atoms with van der Waals surface area (Å²) in [6.07, 6.45) is 1.40. The monoisotopic (exact) mass is 487 g/mol. The third-order valence-electron chi connectivity index (χ3n) is 6.47. The zero-order valence-corrected chi connectivity index (χ0v) is 20.7. The second kappa shape index (κ2) is 9.80. The van der Waals surface area contributed by atoms with Crippen molar-refractivity contribution in [3.8, 4) is 5.75 Å². The molecule has 3 heterocycles. The maximum atomic E-state index is 13.1. The van der Waals surface area contributed by atoms with Crippen molar-refractivity contribution in [3.63, 3.8) is 0 Å². The summed E-state index contributed by atoms with van der Waals surface area (Å²) < 4.78 is 7.17. The maximum absolute atomic E-state index is 13.1. The van der Waals surface area contributed by atoms with Gasteiger partial charge in [0.2, 0.25) is 5.91 Å². The summed E-state index contributed by atoms with van der Waals surface area (Å²) in [6, 6.07) is 15.5. The number of nitrogens with zero attached hydrogens (tertiary/aromatic N) is 7. The molecule has 0 aliphatic carbocycles. The lowest BCUT2D eigenvalue weighted by atomic mass is 10.0. The Hall–Kier alpha value is -4.21.